The maximum Gasteiger partial charge on any atom is 0.210 e. The standard InChI is InChI=1S/C11H24N2O3S/c1-4-11(3)9(8-10(11)16-5-2)13-6-7-17(12,14)15/h9-10,13H,4-8H2,1-3H3,(H2,12,14,15). The number of nitrogens with two attached hydrogens (primary N) is 1. The number of rotatable bonds is 7. The van der Waals surface area contributed by atoms with Crippen LogP contribution < -0.4 is 10.5 Å². The zero-order valence-corrected chi connectivity index (χ0v) is 11.7. The molecule has 0 aromatic heterocycles. The Balaban J connectivity index is 2.41. The highest BCUT2D eigenvalue weighted by atomic mass is 32.2. The Labute approximate surface area is 104 Å². The van der Waals surface area contributed by atoms with Gasteiger partial charge in [-0.25, -0.2) is 13.6 Å². The molecule has 1 aliphatic carbocycles. The van der Waals surface area contributed by atoms with Crippen molar-refractivity contribution in [3.8, 4) is 0 Å². The van der Waals surface area contributed by atoms with E-state index in [4.69, 9.17) is 9.88 Å². The highest BCUT2D eigenvalue weighted by Gasteiger charge is 2.50. The molecule has 0 aromatic carbocycles. The smallest absolute Gasteiger partial charge is 0.210 e. The summed E-state index contributed by atoms with van der Waals surface area (Å²) in [5.74, 6) is -0.0113. The van der Waals surface area contributed by atoms with E-state index in [1.807, 2.05) is 6.92 Å². The van der Waals surface area contributed by atoms with Crippen LogP contribution in [0, 0.1) is 5.41 Å². The fourth-order valence-corrected chi connectivity index (χ4v) is 2.84. The first-order valence-electron chi connectivity index (χ1n) is 6.19. The average Bonchev–Trinajstić information content (AvgIpc) is 2.24. The molecule has 0 aliphatic heterocycles. The van der Waals surface area contributed by atoms with Crippen molar-refractivity contribution in [1.29, 1.82) is 0 Å². The van der Waals surface area contributed by atoms with Gasteiger partial charge in [-0.15, -0.1) is 0 Å². The number of nitrogens with one attached hydrogen (secondary N) is 1. The van der Waals surface area contributed by atoms with Crippen molar-refractivity contribution in [3.63, 3.8) is 0 Å². The minimum Gasteiger partial charge on any atom is -0.378 e. The van der Waals surface area contributed by atoms with Crippen LogP contribution in [0.15, 0.2) is 0 Å². The largest absolute Gasteiger partial charge is 0.378 e. The van der Waals surface area contributed by atoms with Crippen molar-refractivity contribution >= 4 is 10.0 Å². The van der Waals surface area contributed by atoms with Gasteiger partial charge in [0.2, 0.25) is 10.0 Å². The van der Waals surface area contributed by atoms with Crippen LogP contribution in [0.25, 0.3) is 0 Å². The Morgan fingerprint density at radius 1 is 1.47 bits per heavy atom. The molecule has 1 rings (SSSR count). The Morgan fingerprint density at radius 2 is 2.12 bits per heavy atom. The van der Waals surface area contributed by atoms with Crippen molar-refractivity contribution < 1.29 is 13.2 Å². The minimum absolute atomic E-state index is 0.0113. The summed E-state index contributed by atoms with van der Waals surface area (Å²) >= 11 is 0. The lowest BCUT2D eigenvalue weighted by molar-refractivity contribution is -0.125. The number of ether oxygens (including phenoxy) is 1. The summed E-state index contributed by atoms with van der Waals surface area (Å²) in [4.78, 5) is 0. The maximum atomic E-state index is 10.8. The number of hydrogen-bond donors (Lipinski definition) is 2. The number of sulfonamides is 1. The summed E-state index contributed by atoms with van der Waals surface area (Å²) in [5, 5.41) is 8.23. The van der Waals surface area contributed by atoms with Crippen LogP contribution in [-0.2, 0) is 14.8 Å². The van der Waals surface area contributed by atoms with E-state index in [-0.39, 0.29) is 17.3 Å². The predicted octanol–water partition coefficient (Wildman–Crippen LogP) is 0.458. The molecule has 3 unspecified atom stereocenters. The fraction of sp³-hybridized carbons (Fsp3) is 1.00. The highest BCUT2D eigenvalue weighted by Crippen LogP contribution is 2.45. The van der Waals surface area contributed by atoms with Gasteiger partial charge in [0.1, 0.15) is 0 Å². The fourth-order valence-electron chi connectivity index (χ4n) is 2.44. The van der Waals surface area contributed by atoms with Crippen molar-refractivity contribution in [2.75, 3.05) is 18.9 Å². The molecule has 0 bridgehead atoms. The molecule has 3 N–H and O–H groups in total. The van der Waals surface area contributed by atoms with Crippen molar-refractivity contribution in [3.05, 3.63) is 0 Å². The van der Waals surface area contributed by atoms with Gasteiger partial charge < -0.3 is 10.1 Å². The van der Waals surface area contributed by atoms with Gasteiger partial charge in [0.15, 0.2) is 0 Å². The first-order valence-corrected chi connectivity index (χ1v) is 7.90. The lowest BCUT2D eigenvalue weighted by atomic mass is 9.61. The second-order valence-corrected chi connectivity index (χ2v) is 6.65. The SMILES string of the molecule is CCOC1CC(NCCS(N)(=O)=O)C1(C)CC. The molecule has 3 atom stereocenters. The van der Waals surface area contributed by atoms with Gasteiger partial charge >= 0.3 is 0 Å². The monoisotopic (exact) mass is 264 g/mol. The molecule has 0 heterocycles. The van der Waals surface area contributed by atoms with E-state index < -0.39 is 10.0 Å². The molecule has 0 radical (unpaired) electrons. The Hall–Kier alpha value is -0.170. The van der Waals surface area contributed by atoms with Crippen LogP contribution in [-0.4, -0.2) is 39.5 Å². The van der Waals surface area contributed by atoms with Gasteiger partial charge in [-0.3, -0.25) is 0 Å². The molecule has 0 spiro atoms. The molecule has 1 aliphatic rings. The third-order valence-electron chi connectivity index (χ3n) is 3.89. The summed E-state index contributed by atoms with van der Waals surface area (Å²) in [5.41, 5.74) is 0.106. The van der Waals surface area contributed by atoms with Crippen LogP contribution >= 0.6 is 0 Å². The maximum absolute atomic E-state index is 10.8. The molecule has 0 amide bonds. The summed E-state index contributed by atoms with van der Waals surface area (Å²) in [6.07, 6.45) is 2.25. The lowest BCUT2D eigenvalue weighted by Crippen LogP contribution is -2.62. The van der Waals surface area contributed by atoms with E-state index in [0.717, 1.165) is 19.4 Å². The molecule has 0 aromatic rings. The van der Waals surface area contributed by atoms with E-state index in [1.165, 1.54) is 0 Å². The van der Waals surface area contributed by atoms with Gasteiger partial charge in [0.25, 0.3) is 0 Å². The molecule has 0 saturated heterocycles. The third kappa shape index (κ3) is 3.64. The topological polar surface area (TPSA) is 81.4 Å². The lowest BCUT2D eigenvalue weighted by Gasteiger charge is -2.53. The predicted molar refractivity (Wildman–Crippen MR) is 68.2 cm³/mol. The van der Waals surface area contributed by atoms with E-state index in [9.17, 15) is 8.42 Å². The summed E-state index contributed by atoms with van der Waals surface area (Å²) < 4.78 is 27.3. The first kappa shape index (κ1) is 14.9. The van der Waals surface area contributed by atoms with Gasteiger partial charge in [0, 0.05) is 24.6 Å². The average molecular weight is 264 g/mol. The van der Waals surface area contributed by atoms with Crippen molar-refractivity contribution in [2.45, 2.75) is 45.8 Å². The van der Waals surface area contributed by atoms with Crippen LogP contribution in [0.3, 0.4) is 0 Å². The Morgan fingerprint density at radius 3 is 2.59 bits per heavy atom. The Kier molecular flexibility index (Phi) is 4.95. The zero-order chi connectivity index (χ0) is 13.1. The molecular weight excluding hydrogens is 240 g/mol. The molecule has 5 nitrogen and oxygen atoms in total. The van der Waals surface area contributed by atoms with Crippen molar-refractivity contribution in [1.82, 2.24) is 5.32 Å². The third-order valence-corrected chi connectivity index (χ3v) is 4.66. The first-order chi connectivity index (χ1) is 7.83. The molecule has 17 heavy (non-hydrogen) atoms. The number of primary sulfonamides is 1. The zero-order valence-electron chi connectivity index (χ0n) is 10.9. The van der Waals surface area contributed by atoms with Crippen LogP contribution in [0.4, 0.5) is 0 Å². The second kappa shape index (κ2) is 5.65. The van der Waals surface area contributed by atoms with E-state index >= 15 is 0 Å². The van der Waals surface area contributed by atoms with Gasteiger partial charge in [-0.1, -0.05) is 13.8 Å². The van der Waals surface area contributed by atoms with Gasteiger partial charge in [0.05, 0.1) is 11.9 Å². The summed E-state index contributed by atoms with van der Waals surface area (Å²) in [7, 11) is -3.37. The molecule has 1 saturated carbocycles. The summed E-state index contributed by atoms with van der Waals surface area (Å²) in [6, 6.07) is 0.325. The number of hydrogen-bond acceptors (Lipinski definition) is 4. The molecule has 102 valence electrons. The van der Waals surface area contributed by atoms with Crippen LogP contribution in [0.5, 0.6) is 0 Å². The van der Waals surface area contributed by atoms with Crippen LogP contribution in [0.2, 0.25) is 0 Å². The quantitative estimate of drug-likeness (QED) is 0.700. The molecule has 1 fully saturated rings. The normalized spacial score (nSPS) is 33.4. The molecular formula is C11H24N2O3S. The summed E-state index contributed by atoms with van der Waals surface area (Å²) in [6.45, 7) is 7.46. The van der Waals surface area contributed by atoms with E-state index in [2.05, 4.69) is 19.2 Å². The van der Waals surface area contributed by atoms with E-state index in [1.54, 1.807) is 0 Å². The minimum atomic E-state index is -3.37. The van der Waals surface area contributed by atoms with E-state index in [0.29, 0.717) is 12.6 Å². The van der Waals surface area contributed by atoms with Gasteiger partial charge in [-0.2, -0.15) is 0 Å². The second-order valence-electron chi connectivity index (χ2n) is 4.91. The Bertz CT molecular complexity index is 345. The van der Waals surface area contributed by atoms with Crippen molar-refractivity contribution in [2.24, 2.45) is 10.6 Å². The molecule has 6 heteroatoms. The van der Waals surface area contributed by atoms with Crippen LogP contribution in [0.1, 0.15) is 33.6 Å². The van der Waals surface area contributed by atoms with Gasteiger partial charge in [-0.05, 0) is 19.8 Å². The highest BCUT2D eigenvalue weighted by molar-refractivity contribution is 7.89.